The molecule has 0 spiro atoms. The highest BCUT2D eigenvalue weighted by Gasteiger charge is 2.29. The summed E-state index contributed by atoms with van der Waals surface area (Å²) in [5.41, 5.74) is 1.04. The number of hydrogen-bond acceptors (Lipinski definition) is 4. The average Bonchev–Trinajstić information content (AvgIpc) is 3.11. The molecule has 0 unspecified atom stereocenters. The van der Waals surface area contributed by atoms with Gasteiger partial charge in [-0.1, -0.05) is 28.1 Å². The van der Waals surface area contributed by atoms with Crippen molar-refractivity contribution in [3.63, 3.8) is 0 Å². The second-order valence-electron chi connectivity index (χ2n) is 4.67. The van der Waals surface area contributed by atoms with Crippen LogP contribution in [0.15, 0.2) is 33.2 Å². The molecule has 6 heteroatoms. The van der Waals surface area contributed by atoms with Gasteiger partial charge in [-0.05, 0) is 30.5 Å². The second kappa shape index (κ2) is 5.54. The number of hydrogen-bond donors (Lipinski definition) is 0. The Kier molecular flexibility index (Phi) is 3.79. The third-order valence-electron chi connectivity index (χ3n) is 2.91. The van der Waals surface area contributed by atoms with Crippen molar-refractivity contribution in [1.82, 2.24) is 10.2 Å². The summed E-state index contributed by atoms with van der Waals surface area (Å²) in [6.07, 6.45) is 2.26. The molecule has 1 aliphatic rings. The van der Waals surface area contributed by atoms with E-state index < -0.39 is 10.8 Å². The summed E-state index contributed by atoms with van der Waals surface area (Å²) in [6, 6.07) is 7.83. The summed E-state index contributed by atoms with van der Waals surface area (Å²) >= 11 is 3.41. The highest BCUT2D eigenvalue weighted by atomic mass is 79.9. The van der Waals surface area contributed by atoms with Crippen LogP contribution < -0.4 is 0 Å². The zero-order chi connectivity index (χ0) is 13.2. The van der Waals surface area contributed by atoms with Gasteiger partial charge in [0.2, 0.25) is 11.8 Å². The van der Waals surface area contributed by atoms with Gasteiger partial charge in [-0.25, -0.2) is 0 Å². The Hall–Kier alpha value is -1.01. The van der Waals surface area contributed by atoms with Crippen molar-refractivity contribution in [3.05, 3.63) is 46.1 Å². The SMILES string of the molecule is O=[S@](Cc1cccc(Br)c1)Cc1nnc(C2CC2)o1. The average molecular weight is 341 g/mol. The van der Waals surface area contributed by atoms with Crippen molar-refractivity contribution in [1.29, 1.82) is 0 Å². The van der Waals surface area contributed by atoms with Gasteiger partial charge in [0.05, 0.1) is 0 Å². The van der Waals surface area contributed by atoms with Gasteiger partial charge in [0.25, 0.3) is 0 Å². The number of rotatable bonds is 5. The van der Waals surface area contributed by atoms with Crippen LogP contribution in [0.4, 0.5) is 0 Å². The molecule has 1 aliphatic carbocycles. The van der Waals surface area contributed by atoms with Gasteiger partial charge in [-0.2, -0.15) is 0 Å². The molecule has 1 fully saturated rings. The van der Waals surface area contributed by atoms with Gasteiger partial charge in [0.1, 0.15) is 5.75 Å². The van der Waals surface area contributed by atoms with Crippen LogP contribution in [0, 0.1) is 0 Å². The molecule has 1 atom stereocenters. The molecule has 1 aromatic carbocycles. The molecular formula is C13H13BrN2O2S. The predicted molar refractivity (Wildman–Crippen MR) is 76.0 cm³/mol. The molecule has 3 rings (SSSR count). The van der Waals surface area contributed by atoms with E-state index in [0.717, 1.165) is 22.9 Å². The summed E-state index contributed by atoms with van der Waals surface area (Å²) in [5.74, 6) is 2.46. The van der Waals surface area contributed by atoms with E-state index in [2.05, 4.69) is 26.1 Å². The Morgan fingerprint density at radius 2 is 2.16 bits per heavy atom. The Bertz CT molecular complexity index is 610. The van der Waals surface area contributed by atoms with Crippen LogP contribution in [0.3, 0.4) is 0 Å². The van der Waals surface area contributed by atoms with Gasteiger partial charge in [-0.3, -0.25) is 4.21 Å². The van der Waals surface area contributed by atoms with Crippen molar-refractivity contribution in [2.45, 2.75) is 30.3 Å². The summed E-state index contributed by atoms with van der Waals surface area (Å²) in [7, 11) is -1.03. The van der Waals surface area contributed by atoms with E-state index >= 15 is 0 Å². The highest BCUT2D eigenvalue weighted by Crippen LogP contribution is 2.39. The van der Waals surface area contributed by atoms with E-state index in [0.29, 0.717) is 29.2 Å². The lowest BCUT2D eigenvalue weighted by Gasteiger charge is -2.00. The molecule has 1 saturated carbocycles. The van der Waals surface area contributed by atoms with Crippen LogP contribution >= 0.6 is 15.9 Å². The lowest BCUT2D eigenvalue weighted by molar-refractivity contribution is 0.465. The number of aromatic nitrogens is 2. The first kappa shape index (κ1) is 13.0. The fourth-order valence-electron chi connectivity index (χ4n) is 1.82. The maximum atomic E-state index is 12.1. The molecule has 0 amide bonds. The zero-order valence-electron chi connectivity index (χ0n) is 10.2. The first-order valence-corrected chi connectivity index (χ1v) is 8.40. The van der Waals surface area contributed by atoms with Crippen molar-refractivity contribution >= 4 is 26.7 Å². The first-order chi connectivity index (χ1) is 9.20. The predicted octanol–water partition coefficient (Wildman–Crippen LogP) is 3.16. The van der Waals surface area contributed by atoms with Crippen LogP contribution in [-0.4, -0.2) is 14.4 Å². The van der Waals surface area contributed by atoms with Crippen LogP contribution in [0.2, 0.25) is 0 Å². The minimum Gasteiger partial charge on any atom is -0.424 e. The number of benzene rings is 1. The van der Waals surface area contributed by atoms with Gasteiger partial charge < -0.3 is 4.42 Å². The van der Waals surface area contributed by atoms with Crippen molar-refractivity contribution in [2.24, 2.45) is 0 Å². The second-order valence-corrected chi connectivity index (χ2v) is 7.04. The third kappa shape index (κ3) is 3.51. The largest absolute Gasteiger partial charge is 0.424 e. The normalized spacial score (nSPS) is 16.5. The maximum Gasteiger partial charge on any atom is 0.229 e. The molecule has 4 nitrogen and oxygen atoms in total. The topological polar surface area (TPSA) is 56.0 Å². The third-order valence-corrected chi connectivity index (χ3v) is 4.63. The fraction of sp³-hybridized carbons (Fsp3) is 0.385. The minimum atomic E-state index is -1.03. The van der Waals surface area contributed by atoms with E-state index in [1.54, 1.807) is 0 Å². The molecule has 0 radical (unpaired) electrons. The quantitative estimate of drug-likeness (QED) is 0.838. The fourth-order valence-corrected chi connectivity index (χ4v) is 3.31. The smallest absolute Gasteiger partial charge is 0.229 e. The Balaban J connectivity index is 1.61. The zero-order valence-corrected chi connectivity index (χ0v) is 12.6. The van der Waals surface area contributed by atoms with Gasteiger partial charge in [0.15, 0.2) is 0 Å². The van der Waals surface area contributed by atoms with Crippen LogP contribution in [-0.2, 0) is 22.3 Å². The van der Waals surface area contributed by atoms with Gasteiger partial charge in [0, 0.05) is 26.9 Å². The molecular weight excluding hydrogens is 328 g/mol. The Morgan fingerprint density at radius 3 is 2.89 bits per heavy atom. The van der Waals surface area contributed by atoms with E-state index in [9.17, 15) is 4.21 Å². The van der Waals surface area contributed by atoms with Gasteiger partial charge >= 0.3 is 0 Å². The van der Waals surface area contributed by atoms with E-state index in [4.69, 9.17) is 4.42 Å². The van der Waals surface area contributed by atoms with Crippen molar-refractivity contribution in [3.8, 4) is 0 Å². The first-order valence-electron chi connectivity index (χ1n) is 6.12. The van der Waals surface area contributed by atoms with E-state index in [1.165, 1.54) is 0 Å². The molecule has 0 saturated heterocycles. The molecule has 0 bridgehead atoms. The molecule has 2 aromatic rings. The number of nitrogens with zero attached hydrogens (tertiary/aromatic N) is 2. The Morgan fingerprint density at radius 1 is 1.32 bits per heavy atom. The Labute approximate surface area is 122 Å². The van der Waals surface area contributed by atoms with Crippen LogP contribution in [0.5, 0.6) is 0 Å². The lowest BCUT2D eigenvalue weighted by atomic mass is 10.2. The van der Waals surface area contributed by atoms with Crippen LogP contribution in [0.1, 0.15) is 36.1 Å². The summed E-state index contributed by atoms with van der Waals surface area (Å²) < 4.78 is 18.6. The molecule has 1 heterocycles. The summed E-state index contributed by atoms with van der Waals surface area (Å²) in [6.45, 7) is 0. The maximum absolute atomic E-state index is 12.1. The standard InChI is InChI=1S/C13H13BrN2O2S/c14-11-3-1-2-9(6-11)7-19(17)8-12-15-16-13(18-12)10-4-5-10/h1-3,6,10H,4-5,7-8H2/t19-/m1/s1. The molecule has 1 aromatic heterocycles. The number of halogens is 1. The highest BCUT2D eigenvalue weighted by molar-refractivity contribution is 9.10. The van der Waals surface area contributed by atoms with Crippen molar-refractivity contribution in [2.75, 3.05) is 0 Å². The van der Waals surface area contributed by atoms with E-state index in [-0.39, 0.29) is 0 Å². The van der Waals surface area contributed by atoms with Crippen LogP contribution in [0.25, 0.3) is 0 Å². The molecule has 0 N–H and O–H groups in total. The van der Waals surface area contributed by atoms with Crippen molar-refractivity contribution < 1.29 is 8.63 Å². The van der Waals surface area contributed by atoms with E-state index in [1.807, 2.05) is 24.3 Å². The summed E-state index contributed by atoms with van der Waals surface area (Å²) in [4.78, 5) is 0. The van der Waals surface area contributed by atoms with Gasteiger partial charge in [-0.15, -0.1) is 10.2 Å². The molecule has 19 heavy (non-hydrogen) atoms. The summed E-state index contributed by atoms with van der Waals surface area (Å²) in [5, 5.41) is 7.95. The lowest BCUT2D eigenvalue weighted by Crippen LogP contribution is -1.99. The monoisotopic (exact) mass is 340 g/mol. The molecule has 100 valence electrons. The minimum absolute atomic E-state index is 0.326. The molecule has 0 aliphatic heterocycles.